The van der Waals surface area contributed by atoms with E-state index in [-0.39, 0.29) is 0 Å². The quantitative estimate of drug-likeness (QED) is 0.678. The number of hydrogen-bond acceptors (Lipinski definition) is 4. The smallest absolute Gasteiger partial charge is 0.511 e. The zero-order chi connectivity index (χ0) is 13.1. The summed E-state index contributed by atoms with van der Waals surface area (Å²) in [7, 11) is 2.24. The van der Waals surface area contributed by atoms with Crippen molar-refractivity contribution in [3.8, 4) is 5.75 Å². The highest BCUT2D eigenvalue weighted by Crippen LogP contribution is 2.29. The molecule has 3 N–H and O–H groups in total. The van der Waals surface area contributed by atoms with Gasteiger partial charge in [0.15, 0.2) is 0 Å². The van der Waals surface area contributed by atoms with Crippen LogP contribution in [0.4, 0.5) is 0 Å². The molecule has 0 aliphatic carbocycles. The van der Waals surface area contributed by atoms with Gasteiger partial charge >= 0.3 is 7.32 Å². The molecule has 2 rings (SSSR count). The van der Waals surface area contributed by atoms with Crippen LogP contribution in [0.15, 0.2) is 24.4 Å². The van der Waals surface area contributed by atoms with E-state index in [0.29, 0.717) is 5.75 Å². The maximum atomic E-state index is 8.93. The van der Waals surface area contributed by atoms with Crippen LogP contribution in [0.5, 0.6) is 5.75 Å². The number of hydrogen-bond donors (Lipinski definition) is 3. The minimum Gasteiger partial charge on any atom is -0.511 e. The molecule has 0 spiro atoms. The second kappa shape index (κ2) is 5.43. The number of benzene rings is 1. The molecular weight excluding hydrogens is 231 g/mol. The van der Waals surface area contributed by atoms with E-state index in [0.717, 1.165) is 29.4 Å². The number of rotatable bonds is 5. The Morgan fingerprint density at radius 1 is 1.33 bits per heavy atom. The van der Waals surface area contributed by atoms with E-state index in [1.54, 1.807) is 6.07 Å². The highest BCUT2D eigenvalue weighted by molar-refractivity contribution is 6.34. The lowest BCUT2D eigenvalue weighted by Crippen LogP contribution is -2.20. The molecule has 2 aromatic rings. The van der Waals surface area contributed by atoms with Crippen molar-refractivity contribution in [2.45, 2.75) is 6.42 Å². The Bertz CT molecular complexity index is 525. The van der Waals surface area contributed by atoms with Crippen molar-refractivity contribution in [1.82, 2.24) is 9.88 Å². The highest BCUT2D eigenvalue weighted by Gasteiger charge is 2.16. The topological polar surface area (TPSA) is 68.7 Å². The molecule has 0 saturated carbocycles. The first-order chi connectivity index (χ1) is 8.58. The van der Waals surface area contributed by atoms with Crippen LogP contribution in [0.3, 0.4) is 0 Å². The molecule has 0 saturated heterocycles. The van der Waals surface area contributed by atoms with Crippen LogP contribution >= 0.6 is 0 Å². The summed E-state index contributed by atoms with van der Waals surface area (Å²) in [5, 5.41) is 18.8. The fourth-order valence-corrected chi connectivity index (χ4v) is 1.97. The minimum absolute atomic E-state index is 0.484. The molecule has 0 radical (unpaired) electrons. The van der Waals surface area contributed by atoms with E-state index in [1.807, 2.05) is 32.4 Å². The van der Waals surface area contributed by atoms with Crippen LogP contribution < -0.4 is 4.65 Å². The van der Waals surface area contributed by atoms with Crippen LogP contribution in [0, 0.1) is 0 Å². The fraction of sp³-hybridized carbons (Fsp3) is 0.333. The Morgan fingerprint density at radius 2 is 2.11 bits per heavy atom. The second-order valence-corrected chi connectivity index (χ2v) is 4.49. The van der Waals surface area contributed by atoms with E-state index in [2.05, 4.69) is 9.88 Å². The highest BCUT2D eigenvalue weighted by atomic mass is 16.6. The van der Waals surface area contributed by atoms with Gasteiger partial charge in [-0.3, -0.25) is 0 Å². The van der Waals surface area contributed by atoms with Gasteiger partial charge in [0.05, 0.1) is 0 Å². The summed E-state index contributed by atoms with van der Waals surface area (Å²) in [6, 6.07) is 5.48. The molecule has 0 unspecified atom stereocenters. The summed E-state index contributed by atoms with van der Waals surface area (Å²) >= 11 is 0. The normalized spacial score (nSPS) is 11.2. The monoisotopic (exact) mass is 248 g/mol. The van der Waals surface area contributed by atoms with Gasteiger partial charge in [0.25, 0.3) is 0 Å². The summed E-state index contributed by atoms with van der Waals surface area (Å²) < 4.78 is 5.01. The predicted octanol–water partition coefficient (Wildman–Crippen LogP) is 0.620. The van der Waals surface area contributed by atoms with Gasteiger partial charge in [-0.05, 0) is 38.2 Å². The van der Waals surface area contributed by atoms with Crippen molar-refractivity contribution >= 4 is 18.2 Å². The molecule has 0 bridgehead atoms. The zero-order valence-corrected chi connectivity index (χ0v) is 10.6. The van der Waals surface area contributed by atoms with Gasteiger partial charge in [0, 0.05) is 23.6 Å². The summed E-state index contributed by atoms with van der Waals surface area (Å²) in [6.07, 6.45) is 2.81. The maximum Gasteiger partial charge on any atom is 0.707 e. The van der Waals surface area contributed by atoms with Crippen molar-refractivity contribution in [3.05, 3.63) is 30.0 Å². The molecule has 1 heterocycles. The number of nitrogens with zero attached hydrogens (tertiary/aromatic N) is 1. The Morgan fingerprint density at radius 3 is 2.78 bits per heavy atom. The molecule has 96 valence electrons. The third-order valence-corrected chi connectivity index (χ3v) is 2.81. The number of likely N-dealkylation sites (N-methyl/N-ethyl adjacent to an activating group) is 1. The molecular formula is C12H17BN2O3. The molecule has 0 aliphatic rings. The van der Waals surface area contributed by atoms with Crippen molar-refractivity contribution < 1.29 is 14.7 Å². The molecule has 5 nitrogen and oxygen atoms in total. The summed E-state index contributed by atoms with van der Waals surface area (Å²) in [4.78, 5) is 5.26. The first-order valence-corrected chi connectivity index (χ1v) is 5.84. The Labute approximate surface area is 106 Å². The zero-order valence-electron chi connectivity index (χ0n) is 10.6. The Hall–Kier alpha value is -1.50. The number of nitrogens with one attached hydrogen (secondary N) is 1. The minimum atomic E-state index is -1.80. The molecule has 0 fully saturated rings. The summed E-state index contributed by atoms with van der Waals surface area (Å²) in [6.45, 7) is 0.920. The van der Waals surface area contributed by atoms with Crippen LogP contribution in [0.2, 0.25) is 0 Å². The summed E-state index contributed by atoms with van der Waals surface area (Å²) in [5.74, 6) is 0.484. The number of aromatic nitrogens is 1. The average molecular weight is 248 g/mol. The Kier molecular flexibility index (Phi) is 3.91. The van der Waals surface area contributed by atoms with Gasteiger partial charge in [-0.15, -0.1) is 0 Å². The second-order valence-electron chi connectivity index (χ2n) is 4.49. The van der Waals surface area contributed by atoms with Gasteiger partial charge < -0.3 is 24.6 Å². The molecule has 0 amide bonds. The lowest BCUT2D eigenvalue weighted by Gasteiger charge is -2.10. The molecule has 6 heteroatoms. The van der Waals surface area contributed by atoms with Crippen LogP contribution in [0.1, 0.15) is 5.56 Å². The van der Waals surface area contributed by atoms with Crippen molar-refractivity contribution in [3.63, 3.8) is 0 Å². The third kappa shape index (κ3) is 2.84. The summed E-state index contributed by atoms with van der Waals surface area (Å²) in [5.41, 5.74) is 2.04. The van der Waals surface area contributed by atoms with Gasteiger partial charge in [-0.2, -0.15) is 0 Å². The molecule has 18 heavy (non-hydrogen) atoms. The van der Waals surface area contributed by atoms with E-state index < -0.39 is 7.32 Å². The lowest BCUT2D eigenvalue weighted by molar-refractivity contribution is 0.289. The van der Waals surface area contributed by atoms with E-state index in [1.165, 1.54) is 0 Å². The van der Waals surface area contributed by atoms with Crippen molar-refractivity contribution in [2.75, 3.05) is 20.6 Å². The third-order valence-electron chi connectivity index (χ3n) is 2.81. The first kappa shape index (κ1) is 12.9. The van der Waals surface area contributed by atoms with Gasteiger partial charge in [-0.1, -0.05) is 6.07 Å². The predicted molar refractivity (Wildman–Crippen MR) is 71.4 cm³/mol. The lowest BCUT2D eigenvalue weighted by atomic mass is 10.1. The Balaban J connectivity index is 2.35. The SMILES string of the molecule is CN(C)CCc1c[nH]c2cccc(OB(O)O)c12. The van der Waals surface area contributed by atoms with E-state index in [9.17, 15) is 0 Å². The fourth-order valence-electron chi connectivity index (χ4n) is 1.97. The van der Waals surface area contributed by atoms with Crippen LogP contribution in [-0.4, -0.2) is 47.9 Å². The average Bonchev–Trinajstić information content (AvgIpc) is 2.70. The number of H-pyrrole nitrogens is 1. The molecule has 0 aliphatic heterocycles. The van der Waals surface area contributed by atoms with Crippen molar-refractivity contribution in [2.24, 2.45) is 0 Å². The molecule has 1 aromatic heterocycles. The molecule has 0 atom stereocenters. The number of fused-ring (bicyclic) bond motifs is 1. The van der Waals surface area contributed by atoms with Gasteiger partial charge in [0.2, 0.25) is 0 Å². The molecule has 1 aromatic carbocycles. The van der Waals surface area contributed by atoms with Gasteiger partial charge in [-0.25, -0.2) is 0 Å². The first-order valence-electron chi connectivity index (χ1n) is 5.84. The van der Waals surface area contributed by atoms with Crippen molar-refractivity contribution in [1.29, 1.82) is 0 Å². The van der Waals surface area contributed by atoms with E-state index in [4.69, 9.17) is 14.7 Å². The van der Waals surface area contributed by atoms with Gasteiger partial charge in [0.1, 0.15) is 5.75 Å². The largest absolute Gasteiger partial charge is 0.707 e. The number of aromatic amines is 1. The van der Waals surface area contributed by atoms with Crippen LogP contribution in [-0.2, 0) is 6.42 Å². The van der Waals surface area contributed by atoms with Crippen LogP contribution in [0.25, 0.3) is 10.9 Å². The standard InChI is InChI=1S/C12H17BN2O3/c1-15(2)7-6-9-8-14-10-4-3-5-11(12(9)10)18-13(16)17/h3-5,8,14,16-17H,6-7H2,1-2H3. The van der Waals surface area contributed by atoms with E-state index >= 15 is 0 Å². The maximum absolute atomic E-state index is 8.93.